The molecule has 4 nitrogen and oxygen atoms in total. The number of benzene rings is 1. The molecule has 1 unspecified atom stereocenters. The quantitative estimate of drug-likeness (QED) is 0.337. The van der Waals surface area contributed by atoms with Crippen LogP contribution >= 0.6 is 24.0 Å². The zero-order valence-electron chi connectivity index (χ0n) is 17.5. The highest BCUT2D eigenvalue weighted by Gasteiger charge is 2.45. The molecular formula is C22H36FIN4. The summed E-state index contributed by atoms with van der Waals surface area (Å²) in [6.07, 6.45) is 4.62. The fraction of sp³-hybridized carbons (Fsp3) is 0.682. The van der Waals surface area contributed by atoms with E-state index < -0.39 is 0 Å². The molecule has 0 radical (unpaired) electrons. The predicted octanol–water partition coefficient (Wildman–Crippen LogP) is 4.01. The standard InChI is InChI=1S/C22H35FN4.HI/c1-17(2)14-27-12-6-7-18(15-27)13-25-21(24-3)26-16-22(10-11-22)19-8-4-5-9-20(19)23;/h4-5,8-9,17-18H,6-7,10-16H2,1-3H3,(H2,24,25,26);1H. The summed E-state index contributed by atoms with van der Waals surface area (Å²) in [5.41, 5.74) is 0.770. The number of halogens is 2. The van der Waals surface area contributed by atoms with Crippen LogP contribution in [0.2, 0.25) is 0 Å². The molecule has 1 aromatic carbocycles. The maximum Gasteiger partial charge on any atom is 0.191 e. The lowest BCUT2D eigenvalue weighted by Gasteiger charge is -2.34. The van der Waals surface area contributed by atoms with Crippen molar-refractivity contribution >= 4 is 29.9 Å². The molecule has 6 heteroatoms. The number of guanidine groups is 1. The van der Waals surface area contributed by atoms with Crippen LogP contribution in [0, 0.1) is 17.7 Å². The number of hydrogen-bond donors (Lipinski definition) is 2. The van der Waals surface area contributed by atoms with Gasteiger partial charge in [0.1, 0.15) is 5.82 Å². The largest absolute Gasteiger partial charge is 0.356 e. The van der Waals surface area contributed by atoms with E-state index in [1.165, 1.54) is 32.5 Å². The summed E-state index contributed by atoms with van der Waals surface area (Å²) in [5.74, 6) is 2.13. The van der Waals surface area contributed by atoms with Gasteiger partial charge in [0.2, 0.25) is 0 Å². The number of aliphatic imine (C=N–C) groups is 1. The molecular weight excluding hydrogens is 466 g/mol. The van der Waals surface area contributed by atoms with Gasteiger partial charge in [0.25, 0.3) is 0 Å². The van der Waals surface area contributed by atoms with Gasteiger partial charge in [-0.15, -0.1) is 24.0 Å². The molecule has 1 aromatic rings. The SMILES string of the molecule is CN=C(NCC1CCCN(CC(C)C)C1)NCC1(c2ccccc2F)CC1.I. The highest BCUT2D eigenvalue weighted by Crippen LogP contribution is 2.48. The van der Waals surface area contributed by atoms with Gasteiger partial charge in [-0.2, -0.15) is 0 Å². The molecule has 2 fully saturated rings. The average Bonchev–Trinajstić information content (AvgIpc) is 3.43. The lowest BCUT2D eigenvalue weighted by atomic mass is 9.95. The molecule has 0 spiro atoms. The first-order valence-corrected chi connectivity index (χ1v) is 10.4. The Balaban J connectivity index is 0.00000280. The van der Waals surface area contributed by atoms with Crippen LogP contribution in [0.1, 0.15) is 45.1 Å². The van der Waals surface area contributed by atoms with Crippen LogP contribution in [0.15, 0.2) is 29.3 Å². The Bertz CT molecular complexity index is 645. The zero-order valence-corrected chi connectivity index (χ0v) is 19.8. The van der Waals surface area contributed by atoms with Crippen LogP contribution in [-0.2, 0) is 5.41 Å². The number of nitrogens with one attached hydrogen (secondary N) is 2. The molecule has 1 heterocycles. The van der Waals surface area contributed by atoms with Crippen molar-refractivity contribution in [2.45, 2.75) is 44.9 Å². The first-order valence-electron chi connectivity index (χ1n) is 10.4. The molecule has 0 aromatic heterocycles. The monoisotopic (exact) mass is 502 g/mol. The molecule has 0 bridgehead atoms. The minimum absolute atomic E-state index is 0. The molecule has 28 heavy (non-hydrogen) atoms. The summed E-state index contributed by atoms with van der Waals surface area (Å²) < 4.78 is 14.2. The zero-order chi connectivity index (χ0) is 19.3. The summed E-state index contributed by atoms with van der Waals surface area (Å²) in [4.78, 5) is 6.97. The Kier molecular flexibility index (Phi) is 8.99. The van der Waals surface area contributed by atoms with E-state index >= 15 is 0 Å². The van der Waals surface area contributed by atoms with Crippen LogP contribution < -0.4 is 10.6 Å². The number of piperidine rings is 1. The third-order valence-electron chi connectivity index (χ3n) is 5.90. The van der Waals surface area contributed by atoms with Gasteiger partial charge in [-0.3, -0.25) is 4.99 Å². The minimum Gasteiger partial charge on any atom is -0.356 e. The fourth-order valence-corrected chi connectivity index (χ4v) is 4.30. The normalized spacial score (nSPS) is 21.9. The van der Waals surface area contributed by atoms with Crippen LogP contribution in [0.25, 0.3) is 0 Å². The number of hydrogen-bond acceptors (Lipinski definition) is 2. The van der Waals surface area contributed by atoms with Gasteiger partial charge in [-0.1, -0.05) is 32.0 Å². The van der Waals surface area contributed by atoms with E-state index in [-0.39, 0.29) is 35.2 Å². The lowest BCUT2D eigenvalue weighted by molar-refractivity contribution is 0.159. The van der Waals surface area contributed by atoms with Crippen molar-refractivity contribution in [1.29, 1.82) is 0 Å². The van der Waals surface area contributed by atoms with Gasteiger partial charge in [-0.05, 0) is 55.7 Å². The van der Waals surface area contributed by atoms with Crippen molar-refractivity contribution in [2.24, 2.45) is 16.8 Å². The van der Waals surface area contributed by atoms with Crippen LogP contribution in [0.4, 0.5) is 4.39 Å². The highest BCUT2D eigenvalue weighted by molar-refractivity contribution is 14.0. The van der Waals surface area contributed by atoms with Gasteiger partial charge in [-0.25, -0.2) is 4.39 Å². The van der Waals surface area contributed by atoms with Gasteiger partial charge in [0.15, 0.2) is 5.96 Å². The summed E-state index contributed by atoms with van der Waals surface area (Å²) in [6.45, 7) is 9.84. The van der Waals surface area contributed by atoms with E-state index in [1.54, 1.807) is 12.1 Å². The molecule has 2 aliphatic rings. The van der Waals surface area contributed by atoms with E-state index in [0.717, 1.165) is 43.4 Å². The Morgan fingerprint density at radius 3 is 2.68 bits per heavy atom. The molecule has 0 amide bonds. The van der Waals surface area contributed by atoms with Crippen molar-refractivity contribution in [1.82, 2.24) is 15.5 Å². The van der Waals surface area contributed by atoms with E-state index in [9.17, 15) is 4.39 Å². The molecule has 1 saturated heterocycles. The second kappa shape index (κ2) is 10.8. The van der Waals surface area contributed by atoms with Gasteiger partial charge in [0, 0.05) is 38.6 Å². The predicted molar refractivity (Wildman–Crippen MR) is 126 cm³/mol. The van der Waals surface area contributed by atoms with Crippen LogP contribution in [0.5, 0.6) is 0 Å². The third kappa shape index (κ3) is 6.31. The van der Waals surface area contributed by atoms with Crippen molar-refractivity contribution < 1.29 is 4.39 Å². The number of rotatable bonds is 7. The number of likely N-dealkylation sites (tertiary alicyclic amines) is 1. The van der Waals surface area contributed by atoms with Gasteiger partial charge >= 0.3 is 0 Å². The average molecular weight is 502 g/mol. The van der Waals surface area contributed by atoms with Crippen LogP contribution in [-0.4, -0.2) is 50.6 Å². The molecule has 3 rings (SSSR count). The maximum absolute atomic E-state index is 14.2. The first-order chi connectivity index (χ1) is 13.0. The summed E-state index contributed by atoms with van der Waals surface area (Å²) in [6, 6.07) is 7.17. The molecule has 1 aliphatic carbocycles. The summed E-state index contributed by atoms with van der Waals surface area (Å²) in [7, 11) is 1.81. The first kappa shape index (κ1) is 23.4. The third-order valence-corrected chi connectivity index (χ3v) is 5.90. The van der Waals surface area contributed by atoms with Gasteiger partial charge in [0.05, 0.1) is 0 Å². The Morgan fingerprint density at radius 1 is 1.29 bits per heavy atom. The molecule has 2 N–H and O–H groups in total. The Labute approximate surface area is 186 Å². The topological polar surface area (TPSA) is 39.7 Å². The molecule has 1 atom stereocenters. The van der Waals surface area contributed by atoms with Crippen molar-refractivity contribution in [3.63, 3.8) is 0 Å². The maximum atomic E-state index is 14.2. The fourth-order valence-electron chi connectivity index (χ4n) is 4.30. The number of nitrogens with zero attached hydrogens (tertiary/aromatic N) is 2. The van der Waals surface area contributed by atoms with E-state index in [2.05, 4.69) is 34.4 Å². The van der Waals surface area contributed by atoms with Crippen molar-refractivity contribution in [3.05, 3.63) is 35.6 Å². The van der Waals surface area contributed by atoms with Gasteiger partial charge < -0.3 is 15.5 Å². The highest BCUT2D eigenvalue weighted by atomic mass is 127. The molecule has 1 saturated carbocycles. The molecule has 158 valence electrons. The van der Waals surface area contributed by atoms with Crippen LogP contribution in [0.3, 0.4) is 0 Å². The Hall–Kier alpha value is -0.890. The summed E-state index contributed by atoms with van der Waals surface area (Å²) in [5, 5.41) is 6.94. The smallest absolute Gasteiger partial charge is 0.191 e. The van der Waals surface area contributed by atoms with Crippen molar-refractivity contribution in [3.8, 4) is 0 Å². The summed E-state index contributed by atoms with van der Waals surface area (Å²) >= 11 is 0. The Morgan fingerprint density at radius 2 is 2.04 bits per heavy atom. The van der Waals surface area contributed by atoms with Crippen molar-refractivity contribution in [2.75, 3.05) is 39.8 Å². The molecule has 1 aliphatic heterocycles. The van der Waals surface area contributed by atoms with E-state index in [1.807, 2.05) is 19.2 Å². The minimum atomic E-state index is -0.0906. The second-order valence-electron chi connectivity index (χ2n) is 8.73. The van der Waals surface area contributed by atoms with E-state index in [4.69, 9.17) is 0 Å². The lowest BCUT2D eigenvalue weighted by Crippen LogP contribution is -2.46. The van der Waals surface area contributed by atoms with E-state index in [0.29, 0.717) is 5.92 Å². The second-order valence-corrected chi connectivity index (χ2v) is 8.73.